The molecule has 2 heterocycles. The third-order valence-electron chi connectivity index (χ3n) is 2.57. The number of anilines is 1. The van der Waals surface area contributed by atoms with Crippen molar-refractivity contribution in [2.75, 3.05) is 5.73 Å². The van der Waals surface area contributed by atoms with Gasteiger partial charge in [0.15, 0.2) is 11.0 Å². The molecule has 0 aliphatic heterocycles. The maximum atomic E-state index is 6.17. The van der Waals surface area contributed by atoms with E-state index in [0.717, 1.165) is 22.8 Å². The summed E-state index contributed by atoms with van der Waals surface area (Å²) in [5.41, 5.74) is 7.94. The normalized spacial score (nSPS) is 10.6. The predicted molar refractivity (Wildman–Crippen MR) is 78.0 cm³/mol. The molecule has 0 atom stereocenters. The molecule has 0 spiro atoms. The molecular weight excluding hydrogens is 280 g/mol. The molecule has 3 rings (SSSR count). The Morgan fingerprint density at radius 1 is 0.947 bits per heavy atom. The second-order valence-electron chi connectivity index (χ2n) is 3.84. The number of rotatable bonds is 2. The van der Waals surface area contributed by atoms with Crippen molar-refractivity contribution < 1.29 is 0 Å². The van der Waals surface area contributed by atoms with Crippen LogP contribution in [0.4, 0.5) is 5.13 Å². The van der Waals surface area contributed by atoms with Gasteiger partial charge in [0, 0.05) is 22.1 Å². The monoisotopic (exact) mass is 288 g/mol. The lowest BCUT2D eigenvalue weighted by Gasteiger charge is -2.04. The summed E-state index contributed by atoms with van der Waals surface area (Å²) in [6.45, 7) is 0. The van der Waals surface area contributed by atoms with Crippen molar-refractivity contribution >= 4 is 28.3 Å². The minimum absolute atomic E-state index is 0.431. The zero-order valence-electron chi connectivity index (χ0n) is 9.75. The van der Waals surface area contributed by atoms with Crippen molar-refractivity contribution in [1.82, 2.24) is 14.3 Å². The van der Waals surface area contributed by atoms with Crippen LogP contribution in [0.25, 0.3) is 22.8 Å². The van der Waals surface area contributed by atoms with Gasteiger partial charge in [-0.1, -0.05) is 35.9 Å². The molecule has 4 nitrogen and oxygen atoms in total. The number of nitrogens with zero attached hydrogens (tertiary/aromatic N) is 3. The Balaban J connectivity index is 2.08. The smallest absolute Gasteiger partial charge is 0.200 e. The molecule has 3 aromatic rings. The van der Waals surface area contributed by atoms with Crippen LogP contribution in [0.5, 0.6) is 0 Å². The summed E-state index contributed by atoms with van der Waals surface area (Å²) in [6, 6.07) is 13.2. The number of nitrogen functional groups attached to an aromatic ring is 1. The molecule has 0 aliphatic rings. The van der Waals surface area contributed by atoms with Crippen molar-refractivity contribution in [1.29, 1.82) is 0 Å². The number of nitrogens with two attached hydrogens (primary N) is 1. The second kappa shape index (κ2) is 4.95. The lowest BCUT2D eigenvalue weighted by atomic mass is 10.1. The van der Waals surface area contributed by atoms with Crippen LogP contribution in [0.2, 0.25) is 5.02 Å². The van der Waals surface area contributed by atoms with Gasteiger partial charge in [-0.15, -0.1) is 0 Å². The Morgan fingerprint density at radius 3 is 2.47 bits per heavy atom. The molecule has 2 aromatic heterocycles. The van der Waals surface area contributed by atoms with E-state index in [2.05, 4.69) is 14.3 Å². The van der Waals surface area contributed by atoms with Crippen molar-refractivity contribution in [3.8, 4) is 22.8 Å². The zero-order valence-corrected chi connectivity index (χ0v) is 11.3. The molecule has 0 fully saturated rings. The van der Waals surface area contributed by atoms with E-state index >= 15 is 0 Å². The molecule has 94 valence electrons. The first-order valence-corrected chi connectivity index (χ1v) is 6.71. The Labute approximate surface area is 119 Å². The van der Waals surface area contributed by atoms with Gasteiger partial charge >= 0.3 is 0 Å². The molecule has 6 heteroatoms. The van der Waals surface area contributed by atoms with Crippen LogP contribution in [0.3, 0.4) is 0 Å². The molecule has 0 bridgehead atoms. The van der Waals surface area contributed by atoms with Gasteiger partial charge in [0.05, 0.1) is 5.69 Å². The minimum atomic E-state index is 0.431. The van der Waals surface area contributed by atoms with Crippen molar-refractivity contribution in [2.45, 2.75) is 0 Å². The number of halogens is 1. The van der Waals surface area contributed by atoms with E-state index in [1.165, 1.54) is 0 Å². The van der Waals surface area contributed by atoms with Gasteiger partial charge < -0.3 is 5.73 Å². The molecule has 0 amide bonds. The number of pyridine rings is 1. The molecule has 1 aromatic carbocycles. The van der Waals surface area contributed by atoms with Gasteiger partial charge in [0.25, 0.3) is 0 Å². The van der Waals surface area contributed by atoms with Gasteiger partial charge in [-0.2, -0.15) is 9.36 Å². The fourth-order valence-corrected chi connectivity index (χ4v) is 2.39. The van der Waals surface area contributed by atoms with E-state index in [-0.39, 0.29) is 0 Å². The van der Waals surface area contributed by atoms with Crippen LogP contribution in [0, 0.1) is 0 Å². The highest BCUT2D eigenvalue weighted by Gasteiger charge is 2.09. The van der Waals surface area contributed by atoms with E-state index in [9.17, 15) is 0 Å². The Hall–Kier alpha value is -1.98. The van der Waals surface area contributed by atoms with Gasteiger partial charge in [-0.05, 0) is 18.2 Å². The lowest BCUT2D eigenvalue weighted by Crippen LogP contribution is -1.90. The fraction of sp³-hybridized carbons (Fsp3) is 0. The molecule has 2 N–H and O–H groups in total. The number of hydrogen-bond acceptors (Lipinski definition) is 5. The lowest BCUT2D eigenvalue weighted by molar-refractivity contribution is 1.24. The highest BCUT2D eigenvalue weighted by atomic mass is 35.5. The van der Waals surface area contributed by atoms with E-state index < -0.39 is 0 Å². The van der Waals surface area contributed by atoms with Crippen LogP contribution in [-0.4, -0.2) is 14.3 Å². The average molecular weight is 289 g/mol. The standard InChI is InChI=1S/C13H9ClN4S/c14-9-5-2-1-4-8(9)10-6-3-7-11(16-10)12-17-13(15)19-18-12/h1-7H,(H2,15,17,18). The van der Waals surface area contributed by atoms with Crippen LogP contribution >= 0.6 is 23.1 Å². The maximum Gasteiger partial charge on any atom is 0.200 e. The summed E-state index contributed by atoms with van der Waals surface area (Å²) in [6.07, 6.45) is 0. The van der Waals surface area contributed by atoms with Gasteiger partial charge in [-0.25, -0.2) is 4.98 Å². The van der Waals surface area contributed by atoms with E-state index in [0.29, 0.717) is 21.7 Å². The second-order valence-corrected chi connectivity index (χ2v) is 5.03. The third kappa shape index (κ3) is 2.43. The zero-order chi connectivity index (χ0) is 13.2. The van der Waals surface area contributed by atoms with Crippen molar-refractivity contribution in [2.24, 2.45) is 0 Å². The summed E-state index contributed by atoms with van der Waals surface area (Å²) >= 11 is 7.33. The molecule has 0 aliphatic carbocycles. The largest absolute Gasteiger partial charge is 0.374 e. The van der Waals surface area contributed by atoms with Crippen molar-refractivity contribution in [3.05, 3.63) is 47.5 Å². The summed E-state index contributed by atoms with van der Waals surface area (Å²) < 4.78 is 4.15. The summed E-state index contributed by atoms with van der Waals surface area (Å²) in [5.74, 6) is 0.538. The van der Waals surface area contributed by atoms with Gasteiger partial charge in [0.1, 0.15) is 5.69 Å². The quantitative estimate of drug-likeness (QED) is 0.784. The van der Waals surface area contributed by atoms with Crippen LogP contribution in [0.15, 0.2) is 42.5 Å². The Bertz CT molecular complexity index is 726. The predicted octanol–water partition coefficient (Wildman–Crippen LogP) is 3.50. The maximum absolute atomic E-state index is 6.17. The van der Waals surface area contributed by atoms with E-state index in [4.69, 9.17) is 17.3 Å². The first kappa shape index (κ1) is 12.1. The van der Waals surface area contributed by atoms with Crippen LogP contribution < -0.4 is 5.73 Å². The van der Waals surface area contributed by atoms with Crippen LogP contribution in [-0.2, 0) is 0 Å². The molecule has 0 unspecified atom stereocenters. The number of hydrogen-bond donors (Lipinski definition) is 1. The Morgan fingerprint density at radius 2 is 1.74 bits per heavy atom. The SMILES string of the molecule is Nc1nc(-c2cccc(-c3ccccc3Cl)n2)ns1. The first-order chi connectivity index (χ1) is 9.24. The van der Waals surface area contributed by atoms with Gasteiger partial charge in [-0.3, -0.25) is 0 Å². The molecule has 0 radical (unpaired) electrons. The number of benzene rings is 1. The third-order valence-corrected chi connectivity index (χ3v) is 3.44. The average Bonchev–Trinajstić information content (AvgIpc) is 2.86. The Kier molecular flexibility index (Phi) is 3.15. The minimum Gasteiger partial charge on any atom is -0.374 e. The number of aromatic nitrogens is 3. The van der Waals surface area contributed by atoms with Crippen LogP contribution in [0.1, 0.15) is 0 Å². The topological polar surface area (TPSA) is 64.7 Å². The summed E-state index contributed by atoms with van der Waals surface area (Å²) in [4.78, 5) is 8.66. The molecule has 0 saturated carbocycles. The molecule has 0 saturated heterocycles. The van der Waals surface area contributed by atoms with E-state index in [1.54, 1.807) is 0 Å². The highest BCUT2D eigenvalue weighted by molar-refractivity contribution is 7.09. The summed E-state index contributed by atoms with van der Waals surface area (Å²) in [5, 5.41) is 1.10. The van der Waals surface area contributed by atoms with Gasteiger partial charge in [0.2, 0.25) is 0 Å². The highest BCUT2D eigenvalue weighted by Crippen LogP contribution is 2.27. The first-order valence-electron chi connectivity index (χ1n) is 5.55. The van der Waals surface area contributed by atoms with E-state index in [1.807, 2.05) is 42.5 Å². The molecule has 19 heavy (non-hydrogen) atoms. The fourth-order valence-electron chi connectivity index (χ4n) is 1.72. The summed E-state index contributed by atoms with van der Waals surface area (Å²) in [7, 11) is 0. The van der Waals surface area contributed by atoms with Crippen molar-refractivity contribution in [3.63, 3.8) is 0 Å². The molecular formula is C13H9ClN4S.